The highest BCUT2D eigenvalue weighted by Crippen LogP contribution is 2.38. The molecule has 0 aliphatic rings. The van der Waals surface area contributed by atoms with Crippen LogP contribution in [0.25, 0.3) is 11.3 Å². The lowest BCUT2D eigenvalue weighted by Crippen LogP contribution is -2.12. The van der Waals surface area contributed by atoms with Gasteiger partial charge in [-0.3, -0.25) is 0 Å². The molecule has 0 spiro atoms. The summed E-state index contributed by atoms with van der Waals surface area (Å²) in [6.07, 6.45) is -9.62. The lowest BCUT2D eigenvalue weighted by atomic mass is 10.0. The summed E-state index contributed by atoms with van der Waals surface area (Å²) >= 11 is 0. The van der Waals surface area contributed by atoms with E-state index in [2.05, 4.69) is 14.4 Å². The van der Waals surface area contributed by atoms with E-state index >= 15 is 0 Å². The van der Waals surface area contributed by atoms with Crippen molar-refractivity contribution in [2.75, 3.05) is 7.11 Å². The maximum absolute atomic E-state index is 12.8. The van der Waals surface area contributed by atoms with Crippen LogP contribution < -0.4 is 0 Å². The Morgan fingerprint density at radius 3 is 2.04 bits per heavy atom. The summed E-state index contributed by atoms with van der Waals surface area (Å²) in [5.41, 5.74) is -2.71. The summed E-state index contributed by atoms with van der Waals surface area (Å²) in [5, 5.41) is 3.14. The van der Waals surface area contributed by atoms with Gasteiger partial charge in [0, 0.05) is 5.56 Å². The van der Waals surface area contributed by atoms with E-state index in [9.17, 15) is 31.1 Å². The number of carbonyl (C=O) groups is 1. The van der Waals surface area contributed by atoms with Crippen LogP contribution in [-0.4, -0.2) is 18.2 Å². The van der Waals surface area contributed by atoms with Crippen LogP contribution in [0, 0.1) is 0 Å². The average Bonchev–Trinajstić information content (AvgIpc) is 2.90. The minimum Gasteiger partial charge on any atom is -0.465 e. The minimum atomic E-state index is -5.01. The monoisotopic (exact) mass is 339 g/mol. The van der Waals surface area contributed by atoms with Gasteiger partial charge in [-0.25, -0.2) is 4.79 Å². The predicted octanol–water partition coefficient (Wildman–Crippen LogP) is 4.17. The number of hydrogen-bond acceptors (Lipinski definition) is 4. The molecule has 1 heterocycles. The van der Waals surface area contributed by atoms with Gasteiger partial charge in [-0.2, -0.15) is 26.3 Å². The van der Waals surface area contributed by atoms with Gasteiger partial charge < -0.3 is 9.26 Å². The molecule has 0 aliphatic carbocycles. The minimum absolute atomic E-state index is 0.155. The number of halogens is 6. The number of carbonyl (C=O) groups excluding carboxylic acids is 1. The van der Waals surface area contributed by atoms with E-state index in [-0.39, 0.29) is 5.56 Å². The summed E-state index contributed by atoms with van der Waals surface area (Å²) in [4.78, 5) is 11.6. The summed E-state index contributed by atoms with van der Waals surface area (Å²) in [5.74, 6) is -3.05. The van der Waals surface area contributed by atoms with Crippen LogP contribution in [0.2, 0.25) is 0 Å². The Hall–Kier alpha value is -2.52. The van der Waals surface area contributed by atoms with Gasteiger partial charge in [0.05, 0.1) is 12.7 Å². The van der Waals surface area contributed by atoms with Crippen LogP contribution in [0.3, 0.4) is 0 Å². The number of rotatable bonds is 2. The van der Waals surface area contributed by atoms with E-state index in [0.29, 0.717) is 12.1 Å². The molecule has 0 aliphatic heterocycles. The standard InChI is InChI=1S/C13H7F6NO3/c1-22-11(21)8-9(20-23-10(8)13(17,18)19)6-2-4-7(5-3-6)12(14,15)16/h2-5H,1H3. The normalized spacial score (nSPS) is 12.3. The van der Waals surface area contributed by atoms with Crippen molar-refractivity contribution in [1.29, 1.82) is 0 Å². The molecule has 2 rings (SSSR count). The predicted molar refractivity (Wildman–Crippen MR) is 63.3 cm³/mol. The lowest BCUT2D eigenvalue weighted by Gasteiger charge is -2.07. The molecule has 0 saturated carbocycles. The first kappa shape index (κ1) is 16.8. The maximum Gasteiger partial charge on any atom is 0.453 e. The molecule has 2 aromatic rings. The second kappa shape index (κ2) is 5.60. The molecule has 1 aromatic heterocycles. The molecule has 0 amide bonds. The van der Waals surface area contributed by atoms with Gasteiger partial charge in [-0.15, -0.1) is 0 Å². The second-order valence-electron chi connectivity index (χ2n) is 4.30. The Balaban J connectivity index is 2.56. The zero-order valence-corrected chi connectivity index (χ0v) is 11.2. The number of nitrogens with zero attached hydrogens (tertiary/aromatic N) is 1. The molecule has 124 valence electrons. The summed E-state index contributed by atoms with van der Waals surface area (Å²) in [6.45, 7) is 0. The first-order valence-corrected chi connectivity index (χ1v) is 5.88. The molecule has 1 aromatic carbocycles. The fourth-order valence-corrected chi connectivity index (χ4v) is 1.79. The highest BCUT2D eigenvalue weighted by atomic mass is 19.4. The topological polar surface area (TPSA) is 52.3 Å². The van der Waals surface area contributed by atoms with Gasteiger partial charge in [-0.05, 0) is 12.1 Å². The van der Waals surface area contributed by atoms with E-state index < -0.39 is 40.9 Å². The van der Waals surface area contributed by atoms with Gasteiger partial charge in [-0.1, -0.05) is 17.3 Å². The summed E-state index contributed by atoms with van der Waals surface area (Å²) < 4.78 is 84.3. The highest BCUT2D eigenvalue weighted by Gasteiger charge is 2.43. The van der Waals surface area contributed by atoms with Crippen molar-refractivity contribution >= 4 is 5.97 Å². The average molecular weight is 339 g/mol. The quantitative estimate of drug-likeness (QED) is 0.609. The van der Waals surface area contributed by atoms with Crippen LogP contribution in [0.15, 0.2) is 28.8 Å². The summed E-state index contributed by atoms with van der Waals surface area (Å²) in [7, 11) is 0.853. The van der Waals surface area contributed by atoms with Crippen LogP contribution in [0.1, 0.15) is 21.7 Å². The number of methoxy groups -OCH3 is 1. The van der Waals surface area contributed by atoms with E-state index in [1.54, 1.807) is 0 Å². The van der Waals surface area contributed by atoms with Crippen molar-refractivity contribution in [3.05, 3.63) is 41.2 Å². The molecule has 10 heteroatoms. The van der Waals surface area contributed by atoms with Gasteiger partial charge in [0.15, 0.2) is 0 Å². The molecule has 0 saturated heterocycles. The van der Waals surface area contributed by atoms with E-state index in [1.807, 2.05) is 0 Å². The third-order valence-corrected chi connectivity index (χ3v) is 2.82. The largest absolute Gasteiger partial charge is 0.465 e. The molecule has 0 atom stereocenters. The number of esters is 1. The van der Waals surface area contributed by atoms with Crippen LogP contribution in [-0.2, 0) is 17.1 Å². The van der Waals surface area contributed by atoms with Crippen molar-refractivity contribution < 1.29 is 40.4 Å². The molecule has 23 heavy (non-hydrogen) atoms. The Kier molecular flexibility index (Phi) is 4.10. The van der Waals surface area contributed by atoms with Crippen molar-refractivity contribution in [3.63, 3.8) is 0 Å². The third-order valence-electron chi connectivity index (χ3n) is 2.82. The zero-order valence-electron chi connectivity index (χ0n) is 11.2. The number of aromatic nitrogens is 1. The van der Waals surface area contributed by atoms with Gasteiger partial charge in [0.25, 0.3) is 5.76 Å². The van der Waals surface area contributed by atoms with Crippen LogP contribution in [0.4, 0.5) is 26.3 Å². The molecule has 0 N–H and O–H groups in total. The molecule has 4 nitrogen and oxygen atoms in total. The van der Waals surface area contributed by atoms with Gasteiger partial charge in [0.1, 0.15) is 11.3 Å². The Bertz CT molecular complexity index is 715. The van der Waals surface area contributed by atoms with Crippen molar-refractivity contribution in [1.82, 2.24) is 5.16 Å². The highest BCUT2D eigenvalue weighted by molar-refractivity contribution is 5.97. The van der Waals surface area contributed by atoms with E-state index in [0.717, 1.165) is 19.2 Å². The Morgan fingerprint density at radius 2 is 1.61 bits per heavy atom. The lowest BCUT2D eigenvalue weighted by molar-refractivity contribution is -0.156. The number of hydrogen-bond donors (Lipinski definition) is 0. The van der Waals surface area contributed by atoms with Crippen molar-refractivity contribution in [2.45, 2.75) is 12.4 Å². The fourth-order valence-electron chi connectivity index (χ4n) is 1.79. The zero-order chi connectivity index (χ0) is 17.4. The number of benzene rings is 1. The Morgan fingerprint density at radius 1 is 1.04 bits per heavy atom. The summed E-state index contributed by atoms with van der Waals surface area (Å²) in [6, 6.07) is 3.07. The molecular weight excluding hydrogens is 332 g/mol. The number of alkyl halides is 6. The molecular formula is C13H7F6NO3. The smallest absolute Gasteiger partial charge is 0.453 e. The Labute approximate surface area is 124 Å². The molecule has 0 unspecified atom stereocenters. The van der Waals surface area contributed by atoms with Crippen molar-refractivity contribution in [3.8, 4) is 11.3 Å². The molecule has 0 bridgehead atoms. The van der Waals surface area contributed by atoms with Crippen LogP contribution in [0.5, 0.6) is 0 Å². The van der Waals surface area contributed by atoms with Gasteiger partial charge in [0.2, 0.25) is 0 Å². The molecule has 0 fully saturated rings. The third kappa shape index (κ3) is 3.30. The fraction of sp³-hybridized carbons (Fsp3) is 0.231. The van der Waals surface area contributed by atoms with Crippen LogP contribution >= 0.6 is 0 Å². The van der Waals surface area contributed by atoms with Gasteiger partial charge >= 0.3 is 18.3 Å². The second-order valence-corrected chi connectivity index (χ2v) is 4.30. The first-order valence-electron chi connectivity index (χ1n) is 5.88. The molecule has 0 radical (unpaired) electrons. The number of ether oxygens (including phenoxy) is 1. The van der Waals surface area contributed by atoms with E-state index in [1.165, 1.54) is 0 Å². The maximum atomic E-state index is 12.8. The first-order chi connectivity index (χ1) is 10.6. The van der Waals surface area contributed by atoms with E-state index in [4.69, 9.17) is 0 Å². The SMILES string of the molecule is COC(=O)c1c(-c2ccc(C(F)(F)F)cc2)noc1C(F)(F)F. The van der Waals surface area contributed by atoms with Crippen molar-refractivity contribution in [2.24, 2.45) is 0 Å².